The van der Waals surface area contributed by atoms with Gasteiger partial charge in [0.15, 0.2) is 17.5 Å². The summed E-state index contributed by atoms with van der Waals surface area (Å²) in [6.07, 6.45) is -0.0520. The third kappa shape index (κ3) is 2.98. The topological polar surface area (TPSA) is 43.9 Å². The molecule has 1 aromatic carbocycles. The Hall–Kier alpha value is -2.09. The predicted octanol–water partition coefficient (Wildman–Crippen LogP) is 1.23. The summed E-state index contributed by atoms with van der Waals surface area (Å²) in [5.74, 6) is -5.54. The highest BCUT2D eigenvalue weighted by atomic mass is 19.2. The van der Waals surface area contributed by atoms with Crippen molar-refractivity contribution in [2.24, 2.45) is 5.92 Å². The van der Waals surface area contributed by atoms with Gasteiger partial charge < -0.3 is 14.7 Å². The van der Waals surface area contributed by atoms with Crippen molar-refractivity contribution < 1.29 is 22.8 Å². The summed E-state index contributed by atoms with van der Waals surface area (Å²) in [7, 11) is 1.97. The molecule has 2 aliphatic rings. The molecule has 0 aromatic heterocycles. The van der Waals surface area contributed by atoms with Crippen molar-refractivity contribution in [3.05, 3.63) is 29.6 Å². The van der Waals surface area contributed by atoms with Gasteiger partial charge in [0.05, 0.1) is 11.6 Å². The lowest BCUT2D eigenvalue weighted by Gasteiger charge is -2.33. The first-order chi connectivity index (χ1) is 11.4. The minimum absolute atomic E-state index is 0.0218. The number of hydrogen-bond acceptors (Lipinski definition) is 3. The second-order valence-electron chi connectivity index (χ2n) is 6.23. The average molecular weight is 341 g/mol. The SMILES string of the molecule is CN1CCN(C(=O)C2CC(=O)N(c3ccc(F)c(F)c3F)C2)CC1. The molecule has 1 aromatic rings. The Morgan fingerprint density at radius 1 is 1.08 bits per heavy atom. The van der Waals surface area contributed by atoms with E-state index in [1.165, 1.54) is 0 Å². The third-order valence-electron chi connectivity index (χ3n) is 4.59. The number of halogens is 3. The first kappa shape index (κ1) is 16.8. The average Bonchev–Trinajstić information content (AvgIpc) is 2.94. The number of hydrogen-bond donors (Lipinski definition) is 0. The highest BCUT2D eigenvalue weighted by Crippen LogP contribution is 2.30. The molecule has 130 valence electrons. The van der Waals surface area contributed by atoms with Gasteiger partial charge in [0.1, 0.15) is 0 Å². The number of anilines is 1. The molecule has 0 N–H and O–H groups in total. The maximum atomic E-state index is 13.9. The molecular formula is C16H18F3N3O2. The zero-order valence-corrected chi connectivity index (χ0v) is 13.3. The van der Waals surface area contributed by atoms with Gasteiger partial charge in [0.2, 0.25) is 11.8 Å². The Balaban J connectivity index is 1.74. The number of amides is 2. The van der Waals surface area contributed by atoms with E-state index in [1.807, 2.05) is 7.05 Å². The summed E-state index contributed by atoms with van der Waals surface area (Å²) in [4.78, 5) is 29.5. The minimum atomic E-state index is -1.62. The molecule has 2 amide bonds. The van der Waals surface area contributed by atoms with Crippen LogP contribution >= 0.6 is 0 Å². The molecule has 2 saturated heterocycles. The molecule has 5 nitrogen and oxygen atoms in total. The van der Waals surface area contributed by atoms with Gasteiger partial charge in [0.25, 0.3) is 0 Å². The van der Waals surface area contributed by atoms with E-state index >= 15 is 0 Å². The summed E-state index contributed by atoms with van der Waals surface area (Å²) < 4.78 is 40.3. The van der Waals surface area contributed by atoms with Crippen LogP contribution in [0.1, 0.15) is 6.42 Å². The molecule has 1 unspecified atom stereocenters. The molecule has 24 heavy (non-hydrogen) atoms. The first-order valence-electron chi connectivity index (χ1n) is 7.79. The molecular weight excluding hydrogens is 323 g/mol. The van der Waals surface area contributed by atoms with Crippen LogP contribution in [0.25, 0.3) is 0 Å². The summed E-state index contributed by atoms with van der Waals surface area (Å²) in [6.45, 7) is 2.66. The van der Waals surface area contributed by atoms with E-state index < -0.39 is 29.3 Å². The van der Waals surface area contributed by atoms with E-state index in [0.29, 0.717) is 13.1 Å². The van der Waals surface area contributed by atoms with E-state index in [-0.39, 0.29) is 24.6 Å². The number of carbonyl (C=O) groups excluding carboxylic acids is 2. The normalized spacial score (nSPS) is 22.3. The Morgan fingerprint density at radius 3 is 2.42 bits per heavy atom. The van der Waals surface area contributed by atoms with Gasteiger partial charge in [-0.1, -0.05) is 0 Å². The maximum Gasteiger partial charge on any atom is 0.228 e. The minimum Gasteiger partial charge on any atom is -0.340 e. The molecule has 8 heteroatoms. The molecule has 0 bridgehead atoms. The highest BCUT2D eigenvalue weighted by Gasteiger charge is 2.39. The zero-order chi connectivity index (χ0) is 17.4. The van der Waals surface area contributed by atoms with Gasteiger partial charge in [0, 0.05) is 39.1 Å². The second kappa shape index (κ2) is 6.43. The molecule has 2 aliphatic heterocycles. The molecule has 2 fully saturated rings. The second-order valence-corrected chi connectivity index (χ2v) is 6.23. The standard InChI is InChI=1S/C16H18F3N3O2/c1-20-4-6-21(7-5-20)16(24)10-8-13(23)22(9-10)12-3-2-11(17)14(18)15(12)19/h2-3,10H,4-9H2,1H3. The summed E-state index contributed by atoms with van der Waals surface area (Å²) >= 11 is 0. The van der Waals surface area contributed by atoms with Gasteiger partial charge in [-0.3, -0.25) is 9.59 Å². The number of rotatable bonds is 2. The molecule has 0 saturated carbocycles. The van der Waals surface area contributed by atoms with Gasteiger partial charge in [-0.2, -0.15) is 0 Å². The Bertz CT molecular complexity index is 675. The van der Waals surface area contributed by atoms with Gasteiger partial charge in [-0.25, -0.2) is 13.2 Å². The van der Waals surface area contributed by atoms with Crippen molar-refractivity contribution in [1.29, 1.82) is 0 Å². The van der Waals surface area contributed by atoms with Crippen LogP contribution in [0, 0.1) is 23.4 Å². The van der Waals surface area contributed by atoms with Crippen molar-refractivity contribution in [2.45, 2.75) is 6.42 Å². The lowest BCUT2D eigenvalue weighted by atomic mass is 10.1. The number of carbonyl (C=O) groups is 2. The van der Waals surface area contributed by atoms with Crippen molar-refractivity contribution in [3.8, 4) is 0 Å². The largest absolute Gasteiger partial charge is 0.340 e. The summed E-state index contributed by atoms with van der Waals surface area (Å²) in [5, 5.41) is 0. The fourth-order valence-corrected chi connectivity index (χ4v) is 3.12. The summed E-state index contributed by atoms with van der Waals surface area (Å²) in [5.41, 5.74) is -0.326. The monoisotopic (exact) mass is 341 g/mol. The van der Waals surface area contributed by atoms with Gasteiger partial charge in [-0.15, -0.1) is 0 Å². The van der Waals surface area contributed by atoms with E-state index in [9.17, 15) is 22.8 Å². The molecule has 0 spiro atoms. The number of piperazine rings is 1. The summed E-state index contributed by atoms with van der Waals surface area (Å²) in [6, 6.07) is 1.80. The van der Waals surface area contributed by atoms with E-state index in [0.717, 1.165) is 30.1 Å². The lowest BCUT2D eigenvalue weighted by Crippen LogP contribution is -2.49. The number of benzene rings is 1. The van der Waals surface area contributed by atoms with E-state index in [4.69, 9.17) is 0 Å². The fourth-order valence-electron chi connectivity index (χ4n) is 3.12. The van der Waals surface area contributed by atoms with Gasteiger partial charge in [-0.05, 0) is 19.2 Å². The van der Waals surface area contributed by atoms with Crippen molar-refractivity contribution in [1.82, 2.24) is 9.80 Å². The van der Waals surface area contributed by atoms with Crippen molar-refractivity contribution in [3.63, 3.8) is 0 Å². The van der Waals surface area contributed by atoms with Crippen LogP contribution in [-0.4, -0.2) is 61.4 Å². The van der Waals surface area contributed by atoms with Crippen molar-refractivity contribution >= 4 is 17.5 Å². The van der Waals surface area contributed by atoms with Crippen LogP contribution in [0.3, 0.4) is 0 Å². The van der Waals surface area contributed by atoms with Crippen LogP contribution in [0.2, 0.25) is 0 Å². The van der Waals surface area contributed by atoms with Crippen LogP contribution in [0.5, 0.6) is 0 Å². The van der Waals surface area contributed by atoms with Crippen molar-refractivity contribution in [2.75, 3.05) is 44.7 Å². The van der Waals surface area contributed by atoms with Crippen LogP contribution in [-0.2, 0) is 9.59 Å². The Labute approximate surface area is 137 Å². The molecule has 0 radical (unpaired) electrons. The Kier molecular flexibility index (Phi) is 4.49. The van der Waals surface area contributed by atoms with E-state index in [1.54, 1.807) is 4.90 Å². The van der Waals surface area contributed by atoms with Crippen LogP contribution < -0.4 is 4.90 Å². The van der Waals surface area contributed by atoms with E-state index in [2.05, 4.69) is 4.90 Å². The van der Waals surface area contributed by atoms with Crippen LogP contribution in [0.15, 0.2) is 12.1 Å². The lowest BCUT2D eigenvalue weighted by molar-refractivity contribution is -0.137. The molecule has 0 aliphatic carbocycles. The smallest absolute Gasteiger partial charge is 0.228 e. The maximum absolute atomic E-state index is 13.9. The Morgan fingerprint density at radius 2 is 1.75 bits per heavy atom. The number of likely N-dealkylation sites (N-methyl/N-ethyl adjacent to an activating group) is 1. The molecule has 3 rings (SSSR count). The third-order valence-corrected chi connectivity index (χ3v) is 4.59. The van der Waals surface area contributed by atoms with Crippen LogP contribution in [0.4, 0.5) is 18.9 Å². The van der Waals surface area contributed by atoms with Gasteiger partial charge >= 0.3 is 0 Å². The number of nitrogens with zero attached hydrogens (tertiary/aromatic N) is 3. The zero-order valence-electron chi connectivity index (χ0n) is 13.3. The molecule has 1 atom stereocenters. The molecule has 2 heterocycles. The fraction of sp³-hybridized carbons (Fsp3) is 0.500. The highest BCUT2D eigenvalue weighted by molar-refractivity contribution is 6.00. The predicted molar refractivity (Wildman–Crippen MR) is 80.9 cm³/mol. The first-order valence-corrected chi connectivity index (χ1v) is 7.79. The quantitative estimate of drug-likeness (QED) is 0.760.